The average molecular weight is 440 g/mol. The molecule has 0 bridgehead atoms. The number of halogens is 1. The number of amides is 1. The van der Waals surface area contributed by atoms with Crippen molar-refractivity contribution in [3.05, 3.63) is 82.8 Å². The number of hydrogen-bond acceptors (Lipinski definition) is 4. The molecule has 0 unspecified atom stereocenters. The molecule has 1 amide bonds. The number of hydrogen-bond donors (Lipinski definition) is 3. The van der Waals surface area contributed by atoms with Gasteiger partial charge in [0.2, 0.25) is 0 Å². The predicted octanol–water partition coefficient (Wildman–Crippen LogP) is 3.69. The molecule has 0 saturated heterocycles. The number of carbonyl (C=O) groups is 1. The molecule has 164 valence electrons. The summed E-state index contributed by atoms with van der Waals surface area (Å²) in [5.41, 5.74) is 5.99. The van der Waals surface area contributed by atoms with E-state index in [-0.39, 0.29) is 11.7 Å². The van der Waals surface area contributed by atoms with E-state index < -0.39 is 0 Å². The maximum absolute atomic E-state index is 14.2. The number of aryl methyl sites for hydroxylation is 1. The van der Waals surface area contributed by atoms with E-state index in [1.807, 2.05) is 19.3 Å². The van der Waals surface area contributed by atoms with Gasteiger partial charge in [-0.1, -0.05) is 17.9 Å². The number of fused-ring (bicyclic) bond motifs is 1. The number of anilines is 2. The van der Waals surface area contributed by atoms with Crippen LogP contribution in [0.4, 0.5) is 15.8 Å². The van der Waals surface area contributed by atoms with Crippen molar-refractivity contribution in [2.24, 2.45) is 7.05 Å². The van der Waals surface area contributed by atoms with Gasteiger partial charge in [-0.2, -0.15) is 5.10 Å². The van der Waals surface area contributed by atoms with E-state index in [0.29, 0.717) is 46.7 Å². The summed E-state index contributed by atoms with van der Waals surface area (Å²) in [6, 6.07) is 6.69. The number of nitrogens with one attached hydrogen (secondary N) is 3. The van der Waals surface area contributed by atoms with E-state index in [4.69, 9.17) is 0 Å². The van der Waals surface area contributed by atoms with E-state index in [1.165, 1.54) is 6.07 Å². The first-order valence-corrected chi connectivity index (χ1v) is 10.5. The zero-order valence-corrected chi connectivity index (χ0v) is 18.2. The minimum atomic E-state index is -0.317. The van der Waals surface area contributed by atoms with Crippen molar-refractivity contribution in [1.82, 2.24) is 25.1 Å². The van der Waals surface area contributed by atoms with Crippen LogP contribution in [0.3, 0.4) is 0 Å². The Hall–Kier alpha value is -4.38. The third kappa shape index (κ3) is 3.85. The molecule has 0 aliphatic carbocycles. The fourth-order valence-corrected chi connectivity index (χ4v) is 3.92. The Morgan fingerprint density at radius 1 is 1.21 bits per heavy atom. The van der Waals surface area contributed by atoms with Crippen LogP contribution in [-0.2, 0) is 13.5 Å². The number of nitrogens with zero attached hydrogens (tertiary/aromatic N) is 3. The van der Waals surface area contributed by atoms with Gasteiger partial charge in [0, 0.05) is 61.1 Å². The van der Waals surface area contributed by atoms with Gasteiger partial charge in [0.25, 0.3) is 5.91 Å². The molecule has 8 heteroatoms. The molecule has 1 aromatic carbocycles. The van der Waals surface area contributed by atoms with Crippen LogP contribution in [-0.4, -0.2) is 32.2 Å². The van der Waals surface area contributed by atoms with Crippen LogP contribution >= 0.6 is 0 Å². The van der Waals surface area contributed by atoms with Gasteiger partial charge in [0.05, 0.1) is 34.3 Å². The zero-order valence-electron chi connectivity index (χ0n) is 18.2. The summed E-state index contributed by atoms with van der Waals surface area (Å²) < 4.78 is 15.9. The quantitative estimate of drug-likeness (QED) is 0.424. The minimum absolute atomic E-state index is 0.174. The van der Waals surface area contributed by atoms with Gasteiger partial charge >= 0.3 is 0 Å². The second-order valence-electron chi connectivity index (χ2n) is 7.85. The summed E-state index contributed by atoms with van der Waals surface area (Å²) in [4.78, 5) is 20.5. The standard InChI is InChI=1S/C25H21FN6O/c1-15-19(26)4-3-5-20(15)30-24-22-21(9-11-28-25(22)33)31-23(24)18-8-10-27-13-17(18)7-6-16-12-29-32(2)14-16/h3-5,8,10,12-14,30-31H,9,11H2,1-2H3,(H,28,33). The van der Waals surface area contributed by atoms with Crippen molar-refractivity contribution in [1.29, 1.82) is 0 Å². The first-order valence-electron chi connectivity index (χ1n) is 10.5. The molecule has 0 saturated carbocycles. The van der Waals surface area contributed by atoms with Gasteiger partial charge in [-0.15, -0.1) is 0 Å². The molecule has 1 aliphatic rings. The van der Waals surface area contributed by atoms with Crippen molar-refractivity contribution in [3.63, 3.8) is 0 Å². The van der Waals surface area contributed by atoms with Crippen molar-refractivity contribution >= 4 is 17.3 Å². The van der Waals surface area contributed by atoms with Gasteiger partial charge in [-0.3, -0.25) is 14.5 Å². The highest BCUT2D eigenvalue weighted by Gasteiger charge is 2.28. The molecule has 7 nitrogen and oxygen atoms in total. The largest absolute Gasteiger partial charge is 0.356 e. The summed E-state index contributed by atoms with van der Waals surface area (Å²) in [5.74, 6) is 5.79. The second kappa shape index (κ2) is 8.28. The predicted molar refractivity (Wildman–Crippen MR) is 124 cm³/mol. The molecule has 0 radical (unpaired) electrons. The minimum Gasteiger partial charge on any atom is -0.356 e. The number of H-pyrrole nitrogens is 1. The Kier molecular flexibility index (Phi) is 5.15. The molecule has 1 aliphatic heterocycles. The highest BCUT2D eigenvalue weighted by molar-refractivity contribution is 6.06. The lowest BCUT2D eigenvalue weighted by atomic mass is 10.0. The second-order valence-corrected chi connectivity index (χ2v) is 7.85. The van der Waals surface area contributed by atoms with Gasteiger partial charge in [-0.25, -0.2) is 4.39 Å². The Balaban J connectivity index is 1.66. The third-order valence-electron chi connectivity index (χ3n) is 5.63. The lowest BCUT2D eigenvalue weighted by Gasteiger charge is -2.16. The van der Waals surface area contributed by atoms with Gasteiger partial charge < -0.3 is 15.6 Å². The summed E-state index contributed by atoms with van der Waals surface area (Å²) in [6.45, 7) is 2.25. The number of carbonyl (C=O) groups excluding carboxylic acids is 1. The first kappa shape index (κ1) is 20.5. The highest BCUT2D eigenvalue weighted by Crippen LogP contribution is 2.38. The van der Waals surface area contributed by atoms with Gasteiger partial charge in [0.1, 0.15) is 5.82 Å². The van der Waals surface area contributed by atoms with E-state index in [0.717, 1.165) is 16.8 Å². The van der Waals surface area contributed by atoms with Crippen molar-refractivity contribution < 1.29 is 9.18 Å². The van der Waals surface area contributed by atoms with Crippen LogP contribution < -0.4 is 10.6 Å². The van der Waals surface area contributed by atoms with Crippen LogP contribution in [0.5, 0.6) is 0 Å². The maximum atomic E-state index is 14.2. The number of aromatic amines is 1. The number of benzene rings is 1. The van der Waals surface area contributed by atoms with Gasteiger partial charge in [-0.05, 0) is 25.1 Å². The molecular formula is C25H21FN6O. The van der Waals surface area contributed by atoms with Crippen LogP contribution in [0, 0.1) is 24.6 Å². The Labute approximate surface area is 190 Å². The van der Waals surface area contributed by atoms with Crippen LogP contribution in [0.2, 0.25) is 0 Å². The monoisotopic (exact) mass is 440 g/mol. The fraction of sp³-hybridized carbons (Fsp3) is 0.160. The Morgan fingerprint density at radius 2 is 2.09 bits per heavy atom. The highest BCUT2D eigenvalue weighted by atomic mass is 19.1. The van der Waals surface area contributed by atoms with Crippen LogP contribution in [0.25, 0.3) is 11.3 Å². The summed E-state index contributed by atoms with van der Waals surface area (Å²) in [6.07, 6.45) is 7.57. The Bertz CT molecular complexity index is 1440. The summed E-state index contributed by atoms with van der Waals surface area (Å²) in [7, 11) is 1.83. The molecule has 3 N–H and O–H groups in total. The van der Waals surface area contributed by atoms with Crippen molar-refractivity contribution in [2.75, 3.05) is 11.9 Å². The molecule has 5 rings (SSSR count). The van der Waals surface area contributed by atoms with Gasteiger partial charge in [0.15, 0.2) is 0 Å². The average Bonchev–Trinajstić information content (AvgIpc) is 3.39. The maximum Gasteiger partial charge on any atom is 0.255 e. The van der Waals surface area contributed by atoms with Crippen LogP contribution in [0.1, 0.15) is 32.7 Å². The lowest BCUT2D eigenvalue weighted by Crippen LogP contribution is -2.31. The molecule has 3 aromatic heterocycles. The molecule has 33 heavy (non-hydrogen) atoms. The fourth-order valence-electron chi connectivity index (χ4n) is 3.92. The number of rotatable bonds is 3. The van der Waals surface area contributed by atoms with E-state index in [2.05, 4.69) is 37.5 Å². The number of pyridine rings is 1. The molecule has 0 spiro atoms. The van der Waals surface area contributed by atoms with Crippen LogP contribution in [0.15, 0.2) is 49.1 Å². The SMILES string of the molecule is Cc1c(F)cccc1Nc1c(-c2ccncc2C#Cc2cnn(C)c2)[nH]c2c1C(=O)NCC2. The number of aromatic nitrogens is 4. The molecule has 0 fully saturated rings. The van der Waals surface area contributed by atoms with E-state index in [1.54, 1.807) is 42.3 Å². The Morgan fingerprint density at radius 3 is 2.91 bits per heavy atom. The topological polar surface area (TPSA) is 87.6 Å². The lowest BCUT2D eigenvalue weighted by molar-refractivity contribution is 0.0947. The van der Waals surface area contributed by atoms with E-state index >= 15 is 0 Å². The first-order chi connectivity index (χ1) is 16.0. The normalized spacial score (nSPS) is 12.5. The molecule has 0 atom stereocenters. The summed E-state index contributed by atoms with van der Waals surface area (Å²) in [5, 5.41) is 10.4. The summed E-state index contributed by atoms with van der Waals surface area (Å²) >= 11 is 0. The van der Waals surface area contributed by atoms with Crippen molar-refractivity contribution in [3.8, 4) is 23.1 Å². The molecular weight excluding hydrogens is 419 g/mol. The van der Waals surface area contributed by atoms with E-state index in [9.17, 15) is 9.18 Å². The third-order valence-corrected chi connectivity index (χ3v) is 5.63. The zero-order chi connectivity index (χ0) is 22.9. The van der Waals surface area contributed by atoms with Crippen molar-refractivity contribution in [2.45, 2.75) is 13.3 Å². The molecule has 4 aromatic rings. The molecule has 4 heterocycles. The smallest absolute Gasteiger partial charge is 0.255 e.